The summed E-state index contributed by atoms with van der Waals surface area (Å²) in [6.45, 7) is 2.32. The van der Waals surface area contributed by atoms with Crippen molar-refractivity contribution in [2.75, 3.05) is 0 Å². The molecule has 1 heterocycles. The van der Waals surface area contributed by atoms with Crippen LogP contribution in [0.25, 0.3) is 0 Å². The number of benzene rings is 1. The lowest BCUT2D eigenvalue weighted by Gasteiger charge is -2.04. The second-order valence-electron chi connectivity index (χ2n) is 4.27. The lowest BCUT2D eigenvalue weighted by molar-refractivity contribution is -0.119. The van der Waals surface area contributed by atoms with Crippen molar-refractivity contribution in [3.8, 4) is 0 Å². The third-order valence-electron chi connectivity index (χ3n) is 2.88. The van der Waals surface area contributed by atoms with Gasteiger partial charge in [-0.2, -0.15) is 0 Å². The molecular formula is C14H15BrN2O. The van der Waals surface area contributed by atoms with Crippen LogP contribution in [0.4, 0.5) is 0 Å². The SMILES string of the molecule is Cc1nccn1CC(=O)CCc1ccc(Br)cc1. The molecule has 0 aliphatic heterocycles. The number of carbonyl (C=O) groups is 1. The van der Waals surface area contributed by atoms with Gasteiger partial charge in [-0.3, -0.25) is 4.79 Å². The van der Waals surface area contributed by atoms with Gasteiger partial charge in [-0.1, -0.05) is 28.1 Å². The summed E-state index contributed by atoms with van der Waals surface area (Å²) in [6, 6.07) is 8.08. The molecule has 2 aromatic rings. The molecule has 2 rings (SSSR count). The van der Waals surface area contributed by atoms with Crippen molar-refractivity contribution in [2.45, 2.75) is 26.3 Å². The zero-order valence-electron chi connectivity index (χ0n) is 10.3. The molecule has 18 heavy (non-hydrogen) atoms. The number of aryl methyl sites for hydroxylation is 2. The normalized spacial score (nSPS) is 10.6. The van der Waals surface area contributed by atoms with E-state index in [9.17, 15) is 4.79 Å². The molecule has 0 spiro atoms. The van der Waals surface area contributed by atoms with Crippen LogP contribution in [-0.2, 0) is 17.8 Å². The van der Waals surface area contributed by atoms with Gasteiger partial charge in [0.1, 0.15) is 5.82 Å². The third kappa shape index (κ3) is 3.53. The first kappa shape index (κ1) is 13.0. The number of aromatic nitrogens is 2. The number of imidazole rings is 1. The molecule has 1 aromatic heterocycles. The van der Waals surface area contributed by atoms with E-state index in [-0.39, 0.29) is 5.78 Å². The minimum atomic E-state index is 0.235. The van der Waals surface area contributed by atoms with E-state index in [0.29, 0.717) is 13.0 Å². The van der Waals surface area contributed by atoms with Gasteiger partial charge in [0.25, 0.3) is 0 Å². The molecule has 0 N–H and O–H groups in total. The smallest absolute Gasteiger partial charge is 0.152 e. The number of halogens is 1. The second-order valence-corrected chi connectivity index (χ2v) is 5.18. The zero-order valence-corrected chi connectivity index (χ0v) is 11.9. The Kier molecular flexibility index (Phi) is 4.31. The van der Waals surface area contributed by atoms with Gasteiger partial charge in [0.15, 0.2) is 5.78 Å². The summed E-state index contributed by atoms with van der Waals surface area (Å²) in [5.74, 6) is 1.12. The minimum absolute atomic E-state index is 0.235. The van der Waals surface area contributed by atoms with Crippen molar-refractivity contribution < 1.29 is 4.79 Å². The molecule has 0 bridgehead atoms. The number of hydrogen-bond donors (Lipinski definition) is 0. The summed E-state index contributed by atoms with van der Waals surface area (Å²) in [6.07, 6.45) is 4.92. The molecule has 0 atom stereocenters. The van der Waals surface area contributed by atoms with E-state index in [2.05, 4.69) is 20.9 Å². The standard InChI is InChI=1S/C14H15BrN2O/c1-11-16-8-9-17(11)10-14(18)7-4-12-2-5-13(15)6-3-12/h2-3,5-6,8-9H,4,7,10H2,1H3. The molecule has 0 fully saturated rings. The number of ketones is 1. The Morgan fingerprint density at radius 2 is 2.06 bits per heavy atom. The predicted octanol–water partition coefficient (Wildman–Crippen LogP) is 3.16. The molecule has 0 amide bonds. The fourth-order valence-corrected chi connectivity index (χ4v) is 2.04. The highest BCUT2D eigenvalue weighted by Crippen LogP contribution is 2.12. The molecule has 0 saturated carbocycles. The summed E-state index contributed by atoms with van der Waals surface area (Å²) in [7, 11) is 0. The van der Waals surface area contributed by atoms with Crippen LogP contribution in [0.2, 0.25) is 0 Å². The van der Waals surface area contributed by atoms with Gasteiger partial charge in [-0.15, -0.1) is 0 Å². The molecule has 94 valence electrons. The first-order chi connectivity index (χ1) is 8.65. The first-order valence-electron chi connectivity index (χ1n) is 5.89. The van der Waals surface area contributed by atoms with Crippen LogP contribution >= 0.6 is 15.9 Å². The Bertz CT molecular complexity index is 531. The van der Waals surface area contributed by atoms with Gasteiger partial charge in [0.05, 0.1) is 6.54 Å². The Hall–Kier alpha value is -1.42. The summed E-state index contributed by atoms with van der Waals surface area (Å²) in [4.78, 5) is 15.9. The molecule has 0 unspecified atom stereocenters. The maximum Gasteiger partial charge on any atom is 0.152 e. The maximum atomic E-state index is 11.8. The summed E-state index contributed by atoms with van der Waals surface area (Å²) in [5.41, 5.74) is 1.19. The number of nitrogens with zero attached hydrogens (tertiary/aromatic N) is 2. The largest absolute Gasteiger partial charge is 0.328 e. The molecule has 3 nitrogen and oxygen atoms in total. The highest BCUT2D eigenvalue weighted by atomic mass is 79.9. The van der Waals surface area contributed by atoms with E-state index in [4.69, 9.17) is 0 Å². The molecule has 0 saturated heterocycles. The Labute approximate surface area is 115 Å². The Balaban J connectivity index is 1.85. The molecule has 0 aliphatic carbocycles. The predicted molar refractivity (Wildman–Crippen MR) is 74.4 cm³/mol. The van der Waals surface area contributed by atoms with E-state index >= 15 is 0 Å². The molecule has 1 aromatic carbocycles. The van der Waals surface area contributed by atoms with Gasteiger partial charge in [-0.25, -0.2) is 4.98 Å². The van der Waals surface area contributed by atoms with Crippen molar-refractivity contribution in [1.82, 2.24) is 9.55 Å². The zero-order chi connectivity index (χ0) is 13.0. The van der Waals surface area contributed by atoms with Gasteiger partial charge < -0.3 is 4.57 Å². The van der Waals surface area contributed by atoms with E-state index in [1.807, 2.05) is 42.0 Å². The van der Waals surface area contributed by atoms with Gasteiger partial charge in [0.2, 0.25) is 0 Å². The fourth-order valence-electron chi connectivity index (χ4n) is 1.77. The van der Waals surface area contributed by atoms with Crippen LogP contribution in [0.5, 0.6) is 0 Å². The average Bonchev–Trinajstić information content (AvgIpc) is 2.74. The van der Waals surface area contributed by atoms with E-state index < -0.39 is 0 Å². The highest BCUT2D eigenvalue weighted by molar-refractivity contribution is 9.10. The number of carbonyl (C=O) groups excluding carboxylic acids is 1. The Morgan fingerprint density at radius 3 is 2.67 bits per heavy atom. The van der Waals surface area contributed by atoms with Crippen LogP contribution in [0.3, 0.4) is 0 Å². The van der Waals surface area contributed by atoms with Gasteiger partial charge in [-0.05, 0) is 31.0 Å². The first-order valence-corrected chi connectivity index (χ1v) is 6.68. The van der Waals surface area contributed by atoms with Crippen LogP contribution in [0.15, 0.2) is 41.1 Å². The number of Topliss-reactive ketones (excluding diaryl/α,β-unsaturated/α-hetero) is 1. The van der Waals surface area contributed by atoms with E-state index in [1.165, 1.54) is 5.56 Å². The second kappa shape index (κ2) is 5.96. The van der Waals surface area contributed by atoms with E-state index in [1.54, 1.807) is 6.20 Å². The van der Waals surface area contributed by atoms with Crippen molar-refractivity contribution in [3.63, 3.8) is 0 Å². The monoisotopic (exact) mass is 306 g/mol. The minimum Gasteiger partial charge on any atom is -0.328 e. The van der Waals surface area contributed by atoms with Crippen LogP contribution < -0.4 is 0 Å². The van der Waals surface area contributed by atoms with Gasteiger partial charge >= 0.3 is 0 Å². The van der Waals surface area contributed by atoms with Crippen LogP contribution in [-0.4, -0.2) is 15.3 Å². The van der Waals surface area contributed by atoms with Crippen molar-refractivity contribution in [1.29, 1.82) is 0 Å². The highest BCUT2D eigenvalue weighted by Gasteiger charge is 2.05. The molecule has 4 heteroatoms. The number of hydrogen-bond acceptors (Lipinski definition) is 2. The quantitative estimate of drug-likeness (QED) is 0.850. The fraction of sp³-hybridized carbons (Fsp3) is 0.286. The number of rotatable bonds is 5. The van der Waals surface area contributed by atoms with Gasteiger partial charge in [0, 0.05) is 23.3 Å². The molecule has 0 radical (unpaired) electrons. The molecule has 0 aliphatic rings. The topological polar surface area (TPSA) is 34.9 Å². The summed E-state index contributed by atoms with van der Waals surface area (Å²) in [5, 5.41) is 0. The molecular weight excluding hydrogens is 292 g/mol. The maximum absolute atomic E-state index is 11.8. The van der Waals surface area contributed by atoms with E-state index in [0.717, 1.165) is 16.7 Å². The van der Waals surface area contributed by atoms with Crippen molar-refractivity contribution >= 4 is 21.7 Å². The Morgan fingerprint density at radius 1 is 1.33 bits per heavy atom. The van der Waals surface area contributed by atoms with Crippen molar-refractivity contribution in [3.05, 3.63) is 52.5 Å². The lowest BCUT2D eigenvalue weighted by atomic mass is 10.1. The average molecular weight is 307 g/mol. The summed E-state index contributed by atoms with van der Waals surface area (Å²) >= 11 is 3.40. The van der Waals surface area contributed by atoms with Crippen LogP contribution in [0, 0.1) is 6.92 Å². The summed E-state index contributed by atoms with van der Waals surface area (Å²) < 4.78 is 2.94. The van der Waals surface area contributed by atoms with Crippen molar-refractivity contribution in [2.24, 2.45) is 0 Å². The third-order valence-corrected chi connectivity index (χ3v) is 3.40. The lowest BCUT2D eigenvalue weighted by Crippen LogP contribution is -2.11. The van der Waals surface area contributed by atoms with Crippen LogP contribution in [0.1, 0.15) is 17.8 Å².